The van der Waals surface area contributed by atoms with Crippen LogP contribution in [0.4, 0.5) is 0 Å². The molecule has 0 unspecified atom stereocenters. The van der Waals surface area contributed by atoms with E-state index in [0.717, 1.165) is 23.4 Å². The monoisotopic (exact) mass is 575 g/mol. The summed E-state index contributed by atoms with van der Waals surface area (Å²) in [6, 6.07) is 29.5. The van der Waals surface area contributed by atoms with Crippen molar-refractivity contribution < 1.29 is 9.53 Å². The fraction of sp³-hybridized carbons (Fsp3) is 0.368. The van der Waals surface area contributed by atoms with Crippen LogP contribution in [0.25, 0.3) is 11.1 Å². The van der Waals surface area contributed by atoms with Crippen LogP contribution in [0, 0.1) is 5.41 Å². The van der Waals surface area contributed by atoms with Crippen LogP contribution in [0.1, 0.15) is 79.9 Å². The molecule has 3 aromatic carbocycles. The van der Waals surface area contributed by atoms with Crippen LogP contribution in [0.5, 0.6) is 5.75 Å². The lowest BCUT2D eigenvalue weighted by atomic mass is 9.95. The standard InChI is InChI=1S/C38H45N3O2/c1-38(2,3)28-43-36-21-19-34(20-22-36)37(42)41(27-31-8-7-23-39-24-31)26-30-13-17-33(18-14-30)32-15-11-29(12-16-32)25-40-35-9-5-4-6-10-35/h7-8,11-24,35,40H,4-6,9-10,25-28H2,1-3H3. The Morgan fingerprint density at radius 1 is 0.814 bits per heavy atom. The Bertz CT molecular complexity index is 1420. The Balaban J connectivity index is 1.24. The summed E-state index contributed by atoms with van der Waals surface area (Å²) >= 11 is 0. The van der Waals surface area contributed by atoms with Crippen LogP contribution in [-0.4, -0.2) is 28.4 Å². The molecule has 5 heteroatoms. The highest BCUT2D eigenvalue weighted by Crippen LogP contribution is 2.24. The number of carbonyl (C=O) groups excluding carboxylic acids is 1. The Hall–Kier alpha value is -3.96. The van der Waals surface area contributed by atoms with Crippen molar-refractivity contribution in [2.75, 3.05) is 6.61 Å². The van der Waals surface area contributed by atoms with Gasteiger partial charge in [0.1, 0.15) is 5.75 Å². The van der Waals surface area contributed by atoms with E-state index in [0.29, 0.717) is 31.3 Å². The van der Waals surface area contributed by atoms with Crippen LogP contribution in [0.2, 0.25) is 0 Å². The van der Waals surface area contributed by atoms with Gasteiger partial charge in [-0.3, -0.25) is 9.78 Å². The number of amides is 1. The zero-order valence-electron chi connectivity index (χ0n) is 25.9. The van der Waals surface area contributed by atoms with Gasteiger partial charge in [0.15, 0.2) is 0 Å². The van der Waals surface area contributed by atoms with Crippen LogP contribution in [-0.2, 0) is 19.6 Å². The van der Waals surface area contributed by atoms with Crippen LogP contribution in [0.15, 0.2) is 97.3 Å². The number of benzene rings is 3. The average molecular weight is 576 g/mol. The SMILES string of the molecule is CC(C)(C)COc1ccc(C(=O)N(Cc2ccc(-c3ccc(CNC4CCCCC4)cc3)cc2)Cc2cccnc2)cc1. The topological polar surface area (TPSA) is 54.5 Å². The second kappa shape index (κ2) is 14.5. The van der Waals surface area contributed by atoms with Gasteiger partial charge in [-0.15, -0.1) is 0 Å². The lowest BCUT2D eigenvalue weighted by Gasteiger charge is -2.24. The first-order valence-corrected chi connectivity index (χ1v) is 15.7. The highest BCUT2D eigenvalue weighted by atomic mass is 16.5. The smallest absolute Gasteiger partial charge is 0.254 e. The molecule has 4 aromatic rings. The van der Waals surface area contributed by atoms with E-state index in [-0.39, 0.29) is 11.3 Å². The summed E-state index contributed by atoms with van der Waals surface area (Å²) in [7, 11) is 0. The molecule has 1 aromatic heterocycles. The van der Waals surface area contributed by atoms with Crippen molar-refractivity contribution in [2.24, 2.45) is 5.41 Å². The molecule has 224 valence electrons. The number of hydrogen-bond acceptors (Lipinski definition) is 4. The number of nitrogens with zero attached hydrogens (tertiary/aromatic N) is 2. The van der Waals surface area contributed by atoms with E-state index in [1.165, 1.54) is 48.8 Å². The van der Waals surface area contributed by atoms with E-state index < -0.39 is 0 Å². The first kappa shape index (κ1) is 30.5. The number of ether oxygens (including phenoxy) is 1. The molecule has 0 spiro atoms. The fourth-order valence-electron chi connectivity index (χ4n) is 5.49. The molecule has 1 N–H and O–H groups in total. The lowest BCUT2D eigenvalue weighted by molar-refractivity contribution is 0.0729. The maximum absolute atomic E-state index is 13.7. The number of pyridine rings is 1. The molecule has 0 atom stereocenters. The molecule has 5 rings (SSSR count). The molecule has 0 bridgehead atoms. The third kappa shape index (κ3) is 9.26. The van der Waals surface area contributed by atoms with Gasteiger partial charge in [0.05, 0.1) is 6.61 Å². The second-order valence-corrected chi connectivity index (χ2v) is 13.0. The molecule has 1 aliphatic rings. The van der Waals surface area contributed by atoms with E-state index in [1.807, 2.05) is 47.5 Å². The zero-order valence-corrected chi connectivity index (χ0v) is 25.9. The molecule has 1 fully saturated rings. The van der Waals surface area contributed by atoms with E-state index in [2.05, 4.69) is 79.6 Å². The maximum atomic E-state index is 13.7. The molecule has 5 nitrogen and oxygen atoms in total. The number of rotatable bonds is 11. The Kier molecular flexibility index (Phi) is 10.3. The largest absolute Gasteiger partial charge is 0.493 e. The molecule has 43 heavy (non-hydrogen) atoms. The molecule has 1 aliphatic carbocycles. The first-order chi connectivity index (χ1) is 20.8. The third-order valence-corrected chi connectivity index (χ3v) is 7.97. The van der Waals surface area contributed by atoms with Crippen molar-refractivity contribution in [1.29, 1.82) is 0 Å². The van der Waals surface area contributed by atoms with Gasteiger partial charge in [-0.2, -0.15) is 0 Å². The zero-order chi connectivity index (χ0) is 30.1. The molecule has 0 radical (unpaired) electrons. The molecule has 1 saturated carbocycles. The molecular weight excluding hydrogens is 530 g/mol. The van der Waals surface area contributed by atoms with Crippen LogP contribution in [0.3, 0.4) is 0 Å². The van der Waals surface area contributed by atoms with Crippen LogP contribution >= 0.6 is 0 Å². The number of carbonyl (C=O) groups is 1. The summed E-state index contributed by atoms with van der Waals surface area (Å²) < 4.78 is 5.91. The van der Waals surface area contributed by atoms with E-state index in [1.54, 1.807) is 6.20 Å². The number of hydrogen-bond donors (Lipinski definition) is 1. The first-order valence-electron chi connectivity index (χ1n) is 15.7. The Morgan fingerprint density at radius 3 is 2.05 bits per heavy atom. The van der Waals surface area contributed by atoms with Gasteiger partial charge in [-0.05, 0) is 76.4 Å². The summed E-state index contributed by atoms with van der Waals surface area (Å²) in [5.74, 6) is 0.752. The summed E-state index contributed by atoms with van der Waals surface area (Å²) in [5.41, 5.74) is 6.48. The predicted octanol–water partition coefficient (Wildman–Crippen LogP) is 8.44. The quantitative estimate of drug-likeness (QED) is 0.195. The molecule has 1 heterocycles. The normalized spacial score (nSPS) is 13.9. The van der Waals surface area contributed by atoms with Gasteiger partial charge in [0.2, 0.25) is 0 Å². The van der Waals surface area contributed by atoms with Crippen molar-refractivity contribution in [1.82, 2.24) is 15.2 Å². The summed E-state index contributed by atoms with van der Waals surface area (Å²) in [4.78, 5) is 19.9. The van der Waals surface area contributed by atoms with E-state index in [9.17, 15) is 4.79 Å². The molecular formula is C38H45N3O2. The number of aromatic nitrogens is 1. The maximum Gasteiger partial charge on any atom is 0.254 e. The van der Waals surface area contributed by atoms with Gasteiger partial charge >= 0.3 is 0 Å². The predicted molar refractivity (Wildman–Crippen MR) is 175 cm³/mol. The lowest BCUT2D eigenvalue weighted by Crippen LogP contribution is -2.30. The van der Waals surface area contributed by atoms with Gasteiger partial charge in [-0.1, -0.05) is 94.6 Å². The van der Waals surface area contributed by atoms with Crippen molar-refractivity contribution in [2.45, 2.75) is 78.6 Å². The minimum atomic E-state index is -0.0206. The van der Waals surface area contributed by atoms with Crippen molar-refractivity contribution in [3.63, 3.8) is 0 Å². The summed E-state index contributed by atoms with van der Waals surface area (Å²) in [6.45, 7) is 8.94. The van der Waals surface area contributed by atoms with Crippen molar-refractivity contribution in [3.05, 3.63) is 120 Å². The Morgan fingerprint density at radius 2 is 1.44 bits per heavy atom. The van der Waals surface area contributed by atoms with Crippen LogP contribution < -0.4 is 10.1 Å². The average Bonchev–Trinajstić information content (AvgIpc) is 3.04. The molecule has 0 aliphatic heterocycles. The van der Waals surface area contributed by atoms with E-state index in [4.69, 9.17) is 4.74 Å². The minimum Gasteiger partial charge on any atom is -0.493 e. The van der Waals surface area contributed by atoms with Gasteiger partial charge in [0, 0.05) is 43.6 Å². The molecule has 0 saturated heterocycles. The van der Waals surface area contributed by atoms with Gasteiger partial charge < -0.3 is 15.0 Å². The minimum absolute atomic E-state index is 0.0206. The molecule has 1 amide bonds. The summed E-state index contributed by atoms with van der Waals surface area (Å²) in [6.07, 6.45) is 10.3. The number of nitrogens with one attached hydrogen (secondary N) is 1. The van der Waals surface area contributed by atoms with Gasteiger partial charge in [0.25, 0.3) is 5.91 Å². The third-order valence-electron chi connectivity index (χ3n) is 7.97. The highest BCUT2D eigenvalue weighted by molar-refractivity contribution is 5.94. The van der Waals surface area contributed by atoms with Crippen molar-refractivity contribution >= 4 is 5.91 Å². The fourth-order valence-corrected chi connectivity index (χ4v) is 5.49. The van der Waals surface area contributed by atoms with E-state index >= 15 is 0 Å². The summed E-state index contributed by atoms with van der Waals surface area (Å²) in [5, 5.41) is 3.73. The highest BCUT2D eigenvalue weighted by Gasteiger charge is 2.18. The second-order valence-electron chi connectivity index (χ2n) is 13.0. The Labute approximate surface area is 257 Å². The van der Waals surface area contributed by atoms with Gasteiger partial charge in [-0.25, -0.2) is 0 Å². The van der Waals surface area contributed by atoms with Crippen molar-refractivity contribution in [3.8, 4) is 16.9 Å².